The van der Waals surface area contributed by atoms with E-state index < -0.39 is 0 Å². The Hall–Kier alpha value is -1.91. The molecule has 1 aromatic rings. The second kappa shape index (κ2) is 4.36. The fraction of sp³-hybridized carbons (Fsp3) is 0.111. The Morgan fingerprint density at radius 1 is 1.14 bits per heavy atom. The molecule has 1 rings (SSSR count). The number of guanidine groups is 1. The van der Waals surface area contributed by atoms with E-state index in [0.29, 0.717) is 5.71 Å². The summed E-state index contributed by atoms with van der Waals surface area (Å²) in [5.74, 6) is -0.394. The lowest BCUT2D eigenvalue weighted by Gasteiger charge is -1.97. The minimum absolute atomic E-state index is 0.105. The first-order valence-electron chi connectivity index (χ1n) is 3.98. The Balaban J connectivity index is 2.89. The highest BCUT2D eigenvalue weighted by Crippen LogP contribution is 2.04. The summed E-state index contributed by atoms with van der Waals surface area (Å²) in [5.41, 5.74) is 11.6. The molecule has 0 aliphatic carbocycles. The molecule has 0 spiro atoms. The van der Waals surface area contributed by atoms with Gasteiger partial charge < -0.3 is 11.5 Å². The van der Waals surface area contributed by atoms with E-state index in [-0.39, 0.29) is 11.8 Å². The molecule has 0 aliphatic heterocycles. The Kier molecular flexibility index (Phi) is 3.17. The van der Waals surface area contributed by atoms with Gasteiger partial charge in [-0.25, -0.2) is 4.39 Å². The molecule has 0 atom stereocenters. The van der Waals surface area contributed by atoms with Gasteiger partial charge in [-0.05, 0) is 24.6 Å². The largest absolute Gasteiger partial charge is 0.369 e. The second-order valence-corrected chi connectivity index (χ2v) is 2.72. The molecular weight excluding hydrogens is 183 g/mol. The van der Waals surface area contributed by atoms with E-state index in [1.54, 1.807) is 19.1 Å². The van der Waals surface area contributed by atoms with Gasteiger partial charge in [-0.2, -0.15) is 5.10 Å². The Morgan fingerprint density at radius 2 is 1.71 bits per heavy atom. The fourth-order valence-corrected chi connectivity index (χ4v) is 0.882. The van der Waals surface area contributed by atoms with Crippen molar-refractivity contribution >= 4 is 11.7 Å². The minimum Gasteiger partial charge on any atom is -0.369 e. The van der Waals surface area contributed by atoms with Crippen LogP contribution in [0.3, 0.4) is 0 Å². The third kappa shape index (κ3) is 2.85. The molecule has 0 saturated heterocycles. The lowest BCUT2D eigenvalue weighted by Crippen LogP contribution is -2.22. The summed E-state index contributed by atoms with van der Waals surface area (Å²) in [7, 11) is 0. The van der Waals surface area contributed by atoms with Crippen LogP contribution in [0.25, 0.3) is 0 Å². The van der Waals surface area contributed by atoms with Crippen LogP contribution in [0.4, 0.5) is 4.39 Å². The van der Waals surface area contributed by atoms with Gasteiger partial charge in [0.25, 0.3) is 0 Å². The number of hydrogen-bond acceptors (Lipinski definition) is 2. The van der Waals surface area contributed by atoms with Gasteiger partial charge in [0.1, 0.15) is 5.82 Å². The Bertz CT molecular complexity index is 363. The van der Waals surface area contributed by atoms with Crippen LogP contribution in [0.1, 0.15) is 12.5 Å². The number of nitrogens with two attached hydrogens (primary N) is 2. The fourth-order valence-electron chi connectivity index (χ4n) is 0.882. The van der Waals surface area contributed by atoms with Crippen LogP contribution in [-0.2, 0) is 0 Å². The number of halogens is 1. The van der Waals surface area contributed by atoms with Crippen LogP contribution < -0.4 is 11.5 Å². The third-order valence-corrected chi connectivity index (χ3v) is 1.58. The lowest BCUT2D eigenvalue weighted by atomic mass is 10.1. The summed E-state index contributed by atoms with van der Waals surface area (Å²) in [5, 5.41) is 7.25. The quantitative estimate of drug-likeness (QED) is 0.415. The van der Waals surface area contributed by atoms with E-state index in [9.17, 15) is 4.39 Å². The molecule has 0 heterocycles. The standard InChI is InChI=1S/C9H11FN4/c1-6(13-14-9(11)12)7-2-4-8(10)5-3-7/h2-5H,1H3,(H4,11,12,14)/b13-6+. The zero-order valence-electron chi connectivity index (χ0n) is 7.74. The molecule has 14 heavy (non-hydrogen) atoms. The van der Waals surface area contributed by atoms with Crippen molar-refractivity contribution in [1.29, 1.82) is 0 Å². The van der Waals surface area contributed by atoms with E-state index in [0.717, 1.165) is 5.56 Å². The van der Waals surface area contributed by atoms with E-state index in [1.165, 1.54) is 12.1 Å². The topological polar surface area (TPSA) is 76.8 Å². The van der Waals surface area contributed by atoms with Gasteiger partial charge in [-0.15, -0.1) is 5.10 Å². The van der Waals surface area contributed by atoms with E-state index in [1.807, 2.05) is 0 Å². The number of nitrogens with zero attached hydrogens (tertiary/aromatic N) is 2. The SMILES string of the molecule is C/C(=N\N=C(N)N)c1ccc(F)cc1. The first kappa shape index (κ1) is 10.2. The zero-order valence-corrected chi connectivity index (χ0v) is 7.74. The van der Waals surface area contributed by atoms with Crippen molar-refractivity contribution < 1.29 is 4.39 Å². The molecule has 0 unspecified atom stereocenters. The van der Waals surface area contributed by atoms with Gasteiger partial charge in [0.2, 0.25) is 5.96 Å². The van der Waals surface area contributed by atoms with Crippen LogP contribution >= 0.6 is 0 Å². The second-order valence-electron chi connectivity index (χ2n) is 2.72. The van der Waals surface area contributed by atoms with Crippen LogP contribution in [0, 0.1) is 5.82 Å². The first-order chi connectivity index (χ1) is 6.59. The molecule has 1 aromatic carbocycles. The van der Waals surface area contributed by atoms with Crippen molar-refractivity contribution in [2.24, 2.45) is 21.7 Å². The summed E-state index contributed by atoms with van der Waals surface area (Å²) in [4.78, 5) is 0. The van der Waals surface area contributed by atoms with Crippen molar-refractivity contribution in [1.82, 2.24) is 0 Å². The smallest absolute Gasteiger partial charge is 0.211 e. The van der Waals surface area contributed by atoms with Gasteiger partial charge in [0.15, 0.2) is 0 Å². The van der Waals surface area contributed by atoms with Crippen molar-refractivity contribution in [3.05, 3.63) is 35.6 Å². The van der Waals surface area contributed by atoms with E-state index in [2.05, 4.69) is 10.2 Å². The molecule has 0 fully saturated rings. The van der Waals surface area contributed by atoms with Crippen LogP contribution in [0.15, 0.2) is 34.5 Å². The predicted molar refractivity (Wildman–Crippen MR) is 54.4 cm³/mol. The zero-order chi connectivity index (χ0) is 10.6. The number of rotatable bonds is 2. The maximum Gasteiger partial charge on any atom is 0.211 e. The van der Waals surface area contributed by atoms with Crippen molar-refractivity contribution in [3.8, 4) is 0 Å². The summed E-state index contributed by atoms with van der Waals surface area (Å²) < 4.78 is 12.6. The van der Waals surface area contributed by atoms with E-state index >= 15 is 0 Å². The highest BCUT2D eigenvalue weighted by atomic mass is 19.1. The van der Waals surface area contributed by atoms with E-state index in [4.69, 9.17) is 11.5 Å². The average molecular weight is 194 g/mol. The average Bonchev–Trinajstić information content (AvgIpc) is 2.15. The molecule has 0 aliphatic rings. The summed E-state index contributed by atoms with van der Waals surface area (Å²) in [6.07, 6.45) is 0. The molecular formula is C9H11FN4. The molecule has 0 aromatic heterocycles. The van der Waals surface area contributed by atoms with Gasteiger partial charge in [0.05, 0.1) is 5.71 Å². The maximum atomic E-state index is 12.6. The predicted octanol–water partition coefficient (Wildman–Crippen LogP) is 0.823. The molecule has 5 heteroatoms. The molecule has 0 bridgehead atoms. The van der Waals surface area contributed by atoms with Crippen LogP contribution in [0.5, 0.6) is 0 Å². The van der Waals surface area contributed by atoms with Gasteiger partial charge in [-0.3, -0.25) is 0 Å². The summed E-state index contributed by atoms with van der Waals surface area (Å²) in [6, 6.07) is 5.92. The molecule has 74 valence electrons. The monoisotopic (exact) mass is 194 g/mol. The summed E-state index contributed by atoms with van der Waals surface area (Å²) >= 11 is 0. The van der Waals surface area contributed by atoms with Gasteiger partial charge in [0, 0.05) is 0 Å². The highest BCUT2D eigenvalue weighted by Gasteiger charge is 1.96. The molecule has 4 N–H and O–H groups in total. The van der Waals surface area contributed by atoms with Crippen molar-refractivity contribution in [2.75, 3.05) is 0 Å². The molecule has 4 nitrogen and oxygen atoms in total. The van der Waals surface area contributed by atoms with Gasteiger partial charge >= 0.3 is 0 Å². The third-order valence-electron chi connectivity index (χ3n) is 1.58. The normalized spacial score (nSPS) is 11.1. The molecule has 0 saturated carbocycles. The first-order valence-corrected chi connectivity index (χ1v) is 3.98. The van der Waals surface area contributed by atoms with Crippen LogP contribution in [0.2, 0.25) is 0 Å². The minimum atomic E-state index is -0.289. The highest BCUT2D eigenvalue weighted by molar-refractivity contribution is 5.98. The Morgan fingerprint density at radius 3 is 2.21 bits per heavy atom. The number of benzene rings is 1. The number of hydrogen-bond donors (Lipinski definition) is 2. The molecule has 0 radical (unpaired) electrons. The van der Waals surface area contributed by atoms with Crippen molar-refractivity contribution in [2.45, 2.75) is 6.92 Å². The van der Waals surface area contributed by atoms with Crippen LogP contribution in [-0.4, -0.2) is 11.7 Å². The Labute approximate surface area is 81.1 Å². The summed E-state index contributed by atoms with van der Waals surface area (Å²) in [6.45, 7) is 1.74. The lowest BCUT2D eigenvalue weighted by molar-refractivity contribution is 0.628. The maximum absolute atomic E-state index is 12.6. The van der Waals surface area contributed by atoms with Gasteiger partial charge in [-0.1, -0.05) is 12.1 Å². The molecule has 0 amide bonds. The van der Waals surface area contributed by atoms with Crippen molar-refractivity contribution in [3.63, 3.8) is 0 Å².